The average molecular weight is 430 g/mol. The van der Waals surface area contributed by atoms with Crippen LogP contribution in [0.3, 0.4) is 0 Å². The Morgan fingerprint density at radius 1 is 1.10 bits per heavy atom. The number of hydrogen-bond donors (Lipinski definition) is 0. The number of likely N-dealkylation sites (tertiary alicyclic amines) is 1. The van der Waals surface area contributed by atoms with Crippen LogP contribution in [-0.4, -0.2) is 67.5 Å². The van der Waals surface area contributed by atoms with Gasteiger partial charge in [0.15, 0.2) is 0 Å². The van der Waals surface area contributed by atoms with Crippen molar-refractivity contribution < 1.29 is 14.3 Å². The van der Waals surface area contributed by atoms with Crippen LogP contribution in [0, 0.1) is 12.8 Å². The largest absolute Gasteiger partial charge is 0.492 e. The molecule has 1 aromatic carbocycles. The molecule has 1 heterocycles. The number of hydrogen-bond acceptors (Lipinski definition) is 4. The lowest BCUT2D eigenvalue weighted by atomic mass is 9.84. The van der Waals surface area contributed by atoms with Gasteiger partial charge in [0.25, 0.3) is 0 Å². The first-order chi connectivity index (χ1) is 14.9. The molecule has 1 aliphatic carbocycles. The third-order valence-corrected chi connectivity index (χ3v) is 7.03. The smallest absolute Gasteiger partial charge is 0.223 e. The molecule has 0 N–H and O–H groups in total. The Labute approximate surface area is 187 Å². The molecule has 0 aromatic heterocycles. The van der Waals surface area contributed by atoms with Crippen LogP contribution in [0.5, 0.6) is 5.75 Å². The molecule has 2 amide bonds. The number of carbonyl (C=O) groups excluding carboxylic acids is 2. The Bertz CT molecular complexity index is 760. The van der Waals surface area contributed by atoms with E-state index in [9.17, 15) is 9.59 Å². The van der Waals surface area contributed by atoms with E-state index in [4.69, 9.17) is 4.74 Å². The summed E-state index contributed by atoms with van der Waals surface area (Å²) in [6.45, 7) is 9.97. The zero-order valence-corrected chi connectivity index (χ0v) is 19.7. The number of nitrogens with zero attached hydrogens (tertiary/aromatic N) is 3. The lowest BCUT2D eigenvalue weighted by Crippen LogP contribution is -2.42. The number of rotatable bonds is 8. The van der Waals surface area contributed by atoms with Crippen LogP contribution in [0.25, 0.3) is 0 Å². The number of amides is 2. The third-order valence-electron chi connectivity index (χ3n) is 7.03. The molecule has 2 aliphatic rings. The van der Waals surface area contributed by atoms with Crippen molar-refractivity contribution in [2.24, 2.45) is 5.92 Å². The summed E-state index contributed by atoms with van der Waals surface area (Å²) in [7, 11) is 1.89. The van der Waals surface area contributed by atoms with E-state index in [2.05, 4.69) is 4.90 Å². The molecule has 2 unspecified atom stereocenters. The van der Waals surface area contributed by atoms with Crippen molar-refractivity contribution in [3.63, 3.8) is 0 Å². The van der Waals surface area contributed by atoms with E-state index in [1.165, 1.54) is 25.9 Å². The van der Waals surface area contributed by atoms with Gasteiger partial charge in [-0.3, -0.25) is 14.5 Å². The van der Waals surface area contributed by atoms with Gasteiger partial charge in [-0.25, -0.2) is 0 Å². The number of anilines is 1. The van der Waals surface area contributed by atoms with Crippen LogP contribution in [0.1, 0.15) is 57.9 Å². The Kier molecular flexibility index (Phi) is 8.35. The molecule has 1 aromatic rings. The summed E-state index contributed by atoms with van der Waals surface area (Å²) in [5, 5.41) is 0. The molecule has 0 radical (unpaired) electrons. The molecule has 0 spiro atoms. The molecule has 1 saturated heterocycles. The maximum absolute atomic E-state index is 12.6. The summed E-state index contributed by atoms with van der Waals surface area (Å²) < 4.78 is 6.11. The second kappa shape index (κ2) is 11.0. The normalized spacial score (nSPS) is 21.7. The van der Waals surface area contributed by atoms with Crippen molar-refractivity contribution in [3.05, 3.63) is 23.8 Å². The van der Waals surface area contributed by atoms with Crippen molar-refractivity contribution in [2.45, 2.75) is 65.3 Å². The first kappa shape index (κ1) is 23.6. The lowest BCUT2D eigenvalue weighted by molar-refractivity contribution is -0.130. The van der Waals surface area contributed by atoms with Gasteiger partial charge in [0.2, 0.25) is 11.8 Å². The van der Waals surface area contributed by atoms with Crippen LogP contribution < -0.4 is 9.64 Å². The van der Waals surface area contributed by atoms with Gasteiger partial charge >= 0.3 is 0 Å². The molecule has 1 saturated carbocycles. The Balaban J connectivity index is 1.66. The van der Waals surface area contributed by atoms with E-state index >= 15 is 0 Å². The molecular weight excluding hydrogens is 390 g/mol. The highest BCUT2D eigenvalue weighted by atomic mass is 16.5. The molecule has 172 valence electrons. The monoisotopic (exact) mass is 429 g/mol. The maximum atomic E-state index is 12.6. The van der Waals surface area contributed by atoms with E-state index in [0.29, 0.717) is 19.1 Å². The highest BCUT2D eigenvalue weighted by molar-refractivity contribution is 5.92. The summed E-state index contributed by atoms with van der Waals surface area (Å²) in [4.78, 5) is 30.6. The predicted octanol–water partition coefficient (Wildman–Crippen LogP) is 3.86. The molecule has 0 bridgehead atoms. The fraction of sp³-hybridized carbons (Fsp3) is 0.680. The second-order valence-corrected chi connectivity index (χ2v) is 9.24. The molecule has 31 heavy (non-hydrogen) atoms. The molecular formula is C25H39N3O3. The van der Waals surface area contributed by atoms with Gasteiger partial charge in [-0.2, -0.15) is 0 Å². The fourth-order valence-corrected chi connectivity index (χ4v) is 5.03. The van der Waals surface area contributed by atoms with Crippen LogP contribution in [-0.2, 0) is 9.59 Å². The third kappa shape index (κ3) is 6.22. The zero-order valence-electron chi connectivity index (χ0n) is 19.7. The predicted molar refractivity (Wildman–Crippen MR) is 125 cm³/mol. The first-order valence-electron chi connectivity index (χ1n) is 11.8. The van der Waals surface area contributed by atoms with Gasteiger partial charge in [0.05, 0.1) is 5.69 Å². The Morgan fingerprint density at radius 2 is 1.84 bits per heavy atom. The topological polar surface area (TPSA) is 53.1 Å². The highest BCUT2D eigenvalue weighted by Crippen LogP contribution is 2.33. The quantitative estimate of drug-likeness (QED) is 0.630. The van der Waals surface area contributed by atoms with Gasteiger partial charge in [-0.05, 0) is 70.2 Å². The minimum atomic E-state index is 0.0550. The zero-order chi connectivity index (χ0) is 22.4. The van der Waals surface area contributed by atoms with Crippen molar-refractivity contribution in [1.29, 1.82) is 0 Å². The van der Waals surface area contributed by atoms with Crippen molar-refractivity contribution in [1.82, 2.24) is 9.80 Å². The van der Waals surface area contributed by atoms with Crippen LogP contribution in [0.15, 0.2) is 18.2 Å². The summed E-state index contributed by atoms with van der Waals surface area (Å²) in [6.07, 6.45) is 6.75. The molecule has 3 rings (SSSR count). The lowest BCUT2D eigenvalue weighted by Gasteiger charge is -2.37. The number of carbonyl (C=O) groups is 2. The molecule has 2 fully saturated rings. The van der Waals surface area contributed by atoms with Crippen molar-refractivity contribution in [2.75, 3.05) is 44.7 Å². The minimum Gasteiger partial charge on any atom is -0.492 e. The fourth-order valence-electron chi connectivity index (χ4n) is 5.03. The van der Waals surface area contributed by atoms with Gasteiger partial charge < -0.3 is 14.5 Å². The van der Waals surface area contributed by atoms with Gasteiger partial charge in [-0.1, -0.05) is 12.5 Å². The summed E-state index contributed by atoms with van der Waals surface area (Å²) in [6, 6.07) is 6.27. The Hall–Kier alpha value is -2.08. The average Bonchev–Trinajstić information content (AvgIpc) is 3.26. The van der Waals surface area contributed by atoms with E-state index in [0.717, 1.165) is 49.2 Å². The van der Waals surface area contributed by atoms with Gasteiger partial charge in [0, 0.05) is 45.6 Å². The van der Waals surface area contributed by atoms with Crippen LogP contribution >= 0.6 is 0 Å². The first-order valence-corrected chi connectivity index (χ1v) is 11.8. The summed E-state index contributed by atoms with van der Waals surface area (Å²) >= 11 is 0. The highest BCUT2D eigenvalue weighted by Gasteiger charge is 2.29. The van der Waals surface area contributed by atoms with E-state index in [-0.39, 0.29) is 17.9 Å². The van der Waals surface area contributed by atoms with Gasteiger partial charge in [-0.15, -0.1) is 0 Å². The van der Waals surface area contributed by atoms with Gasteiger partial charge in [0.1, 0.15) is 12.4 Å². The van der Waals surface area contributed by atoms with Crippen LogP contribution in [0.2, 0.25) is 0 Å². The maximum Gasteiger partial charge on any atom is 0.223 e. The number of ether oxygens (including phenoxy) is 1. The molecule has 6 nitrogen and oxygen atoms in total. The second-order valence-electron chi connectivity index (χ2n) is 9.24. The summed E-state index contributed by atoms with van der Waals surface area (Å²) in [5.41, 5.74) is 1.96. The minimum absolute atomic E-state index is 0.0550. The van der Waals surface area contributed by atoms with E-state index < -0.39 is 0 Å². The van der Waals surface area contributed by atoms with Crippen molar-refractivity contribution >= 4 is 17.5 Å². The van der Waals surface area contributed by atoms with Crippen molar-refractivity contribution in [3.8, 4) is 5.75 Å². The van der Waals surface area contributed by atoms with Crippen LogP contribution in [0.4, 0.5) is 5.69 Å². The van der Waals surface area contributed by atoms with E-state index in [1.54, 1.807) is 13.8 Å². The standard InChI is InChI=1S/C25H39N3O3/c1-19-24(11-8-12-25(19)31-16-15-27-13-5-6-14-27)28(21(3)30)18-22-9-7-10-23(17-22)26(4)20(2)29/h8,11-12,22-23H,5-7,9-10,13-18H2,1-4H3. The SMILES string of the molecule is CC(=O)N(CC1CCCC(N(C)C(C)=O)C1)c1cccc(OCCN2CCCC2)c1C. The van der Waals surface area contributed by atoms with E-state index in [1.807, 2.05) is 42.0 Å². The molecule has 1 aliphatic heterocycles. The Morgan fingerprint density at radius 3 is 2.52 bits per heavy atom. The molecule has 6 heteroatoms. The summed E-state index contributed by atoms with van der Waals surface area (Å²) in [5.74, 6) is 1.42. The number of benzene rings is 1. The molecule has 2 atom stereocenters.